The molecule has 0 rings (SSSR count). The van der Waals surface area contributed by atoms with Gasteiger partial charge in [0.25, 0.3) is 0 Å². The Morgan fingerprint density at radius 1 is 0.500 bits per heavy atom. The Morgan fingerprint density at radius 3 is 1.18 bits per heavy atom. The Labute approximate surface area is 251 Å². The molecule has 1 unspecified atom stereocenters. The quantitative estimate of drug-likeness (QED) is 0.0619. The number of carbonyl (C=O) groups excluding carboxylic acids is 1. The second-order valence-electron chi connectivity index (χ2n) is 12.3. The molecule has 0 aromatic carbocycles. The van der Waals surface area contributed by atoms with E-state index >= 15 is 0 Å². The summed E-state index contributed by atoms with van der Waals surface area (Å²) in [5, 5.41) is 9.47. The van der Waals surface area contributed by atoms with Crippen molar-refractivity contribution < 1.29 is 19.4 Å². The molecule has 1 N–H and O–H groups in total. The molecule has 0 saturated heterocycles. The highest BCUT2D eigenvalue weighted by molar-refractivity contribution is 5.69. The number of unbranched alkanes of at least 4 members (excludes halogenated alkanes) is 26. The molecule has 0 aliphatic carbocycles. The number of rotatable bonds is 34. The van der Waals surface area contributed by atoms with Crippen molar-refractivity contribution in [2.24, 2.45) is 0 Å². The number of hydrogen-bond acceptors (Lipinski definition) is 4. The summed E-state index contributed by atoms with van der Waals surface area (Å²) in [6.07, 6.45) is 37.3. The molecule has 0 saturated carbocycles. The van der Waals surface area contributed by atoms with Crippen LogP contribution in [0.5, 0.6) is 0 Å². The van der Waals surface area contributed by atoms with Crippen LogP contribution in [0.25, 0.3) is 0 Å². The van der Waals surface area contributed by atoms with Crippen LogP contribution in [0, 0.1) is 0 Å². The van der Waals surface area contributed by atoms with Crippen molar-refractivity contribution in [3.8, 4) is 0 Å². The van der Waals surface area contributed by atoms with Crippen LogP contribution in [0.3, 0.4) is 0 Å². The molecule has 0 fully saturated rings. The maximum atomic E-state index is 12.1. The number of esters is 1. The zero-order chi connectivity index (χ0) is 29.2. The van der Waals surface area contributed by atoms with Crippen LogP contribution in [0.1, 0.15) is 200 Å². The van der Waals surface area contributed by atoms with Gasteiger partial charge in [0.1, 0.15) is 6.10 Å². The summed E-state index contributed by atoms with van der Waals surface area (Å²) >= 11 is 0. The van der Waals surface area contributed by atoms with E-state index in [0.717, 1.165) is 19.3 Å². The molecule has 0 aromatic rings. The summed E-state index contributed by atoms with van der Waals surface area (Å²) in [6.45, 7) is 5.33. The fraction of sp³-hybridized carbons (Fsp3) is 0.972. The fourth-order valence-corrected chi connectivity index (χ4v) is 5.45. The van der Waals surface area contributed by atoms with Gasteiger partial charge in [-0.3, -0.25) is 4.79 Å². The highest BCUT2D eigenvalue weighted by Crippen LogP contribution is 2.15. The fourth-order valence-electron chi connectivity index (χ4n) is 5.45. The topological polar surface area (TPSA) is 55.8 Å². The SMILES string of the molecule is CCCCCCCCCCCCCCCCCCCCCCCCC(=O)OC(CO)COCCCCCCCC. The smallest absolute Gasteiger partial charge is 0.306 e. The van der Waals surface area contributed by atoms with E-state index in [4.69, 9.17) is 9.47 Å². The van der Waals surface area contributed by atoms with Crippen molar-refractivity contribution in [3.63, 3.8) is 0 Å². The average molecular weight is 569 g/mol. The normalized spacial score (nSPS) is 12.2. The van der Waals surface area contributed by atoms with Crippen LogP contribution in [0.4, 0.5) is 0 Å². The average Bonchev–Trinajstić information content (AvgIpc) is 2.96. The van der Waals surface area contributed by atoms with Gasteiger partial charge in [0.15, 0.2) is 0 Å². The van der Waals surface area contributed by atoms with E-state index in [1.54, 1.807) is 0 Å². The van der Waals surface area contributed by atoms with E-state index in [2.05, 4.69) is 13.8 Å². The second kappa shape index (κ2) is 34.6. The molecule has 0 aliphatic rings. The summed E-state index contributed by atoms with van der Waals surface area (Å²) in [6, 6.07) is 0. The van der Waals surface area contributed by atoms with E-state index in [0.29, 0.717) is 19.6 Å². The van der Waals surface area contributed by atoms with Gasteiger partial charge in [-0.15, -0.1) is 0 Å². The zero-order valence-corrected chi connectivity index (χ0v) is 27.4. The highest BCUT2D eigenvalue weighted by atomic mass is 16.6. The van der Waals surface area contributed by atoms with Crippen molar-refractivity contribution in [1.29, 1.82) is 0 Å². The van der Waals surface area contributed by atoms with Gasteiger partial charge < -0.3 is 14.6 Å². The second-order valence-corrected chi connectivity index (χ2v) is 12.3. The van der Waals surface area contributed by atoms with Crippen LogP contribution in [-0.4, -0.2) is 37.0 Å². The lowest BCUT2D eigenvalue weighted by atomic mass is 10.0. The van der Waals surface area contributed by atoms with Crippen molar-refractivity contribution in [3.05, 3.63) is 0 Å². The Bertz CT molecular complexity index is 481. The monoisotopic (exact) mass is 569 g/mol. The van der Waals surface area contributed by atoms with Gasteiger partial charge in [-0.1, -0.05) is 181 Å². The minimum absolute atomic E-state index is 0.165. The van der Waals surface area contributed by atoms with Crippen molar-refractivity contribution in [2.45, 2.75) is 206 Å². The molecule has 0 aliphatic heterocycles. The van der Waals surface area contributed by atoms with Crippen LogP contribution in [0.15, 0.2) is 0 Å². The number of hydrogen-bond donors (Lipinski definition) is 1. The summed E-state index contributed by atoms with van der Waals surface area (Å²) in [5.74, 6) is -0.199. The largest absolute Gasteiger partial charge is 0.457 e. The lowest BCUT2D eigenvalue weighted by Crippen LogP contribution is -2.27. The maximum Gasteiger partial charge on any atom is 0.306 e. The number of carbonyl (C=O) groups is 1. The summed E-state index contributed by atoms with van der Waals surface area (Å²) < 4.78 is 11.0. The van der Waals surface area contributed by atoms with Crippen LogP contribution in [0.2, 0.25) is 0 Å². The molecule has 1 atom stereocenters. The van der Waals surface area contributed by atoms with Gasteiger partial charge in [-0.2, -0.15) is 0 Å². The molecule has 0 heterocycles. The first kappa shape index (κ1) is 39.4. The molecular formula is C36H72O4. The third-order valence-electron chi connectivity index (χ3n) is 8.18. The number of ether oxygens (including phenoxy) is 2. The third kappa shape index (κ3) is 31.9. The summed E-state index contributed by atoms with van der Waals surface area (Å²) in [4.78, 5) is 12.1. The van der Waals surface area contributed by atoms with Gasteiger partial charge >= 0.3 is 5.97 Å². The van der Waals surface area contributed by atoms with E-state index < -0.39 is 6.10 Å². The first-order chi connectivity index (χ1) is 19.7. The van der Waals surface area contributed by atoms with Gasteiger partial charge in [0.05, 0.1) is 13.2 Å². The molecule has 4 nitrogen and oxygen atoms in total. The molecule has 0 spiro atoms. The zero-order valence-electron chi connectivity index (χ0n) is 27.4. The predicted molar refractivity (Wildman–Crippen MR) is 173 cm³/mol. The first-order valence-corrected chi connectivity index (χ1v) is 18.1. The van der Waals surface area contributed by atoms with Gasteiger partial charge in [-0.25, -0.2) is 0 Å². The molecule has 4 heteroatoms. The van der Waals surface area contributed by atoms with Crippen LogP contribution >= 0.6 is 0 Å². The van der Waals surface area contributed by atoms with Crippen molar-refractivity contribution in [1.82, 2.24) is 0 Å². The van der Waals surface area contributed by atoms with Gasteiger partial charge in [0.2, 0.25) is 0 Å². The first-order valence-electron chi connectivity index (χ1n) is 18.1. The van der Waals surface area contributed by atoms with E-state index in [-0.39, 0.29) is 12.6 Å². The lowest BCUT2D eigenvalue weighted by Gasteiger charge is -2.15. The number of aliphatic hydroxyl groups is 1. The Kier molecular flexibility index (Phi) is 34.1. The van der Waals surface area contributed by atoms with Gasteiger partial charge in [-0.05, 0) is 12.8 Å². The van der Waals surface area contributed by atoms with Crippen LogP contribution < -0.4 is 0 Å². The molecule has 0 radical (unpaired) electrons. The van der Waals surface area contributed by atoms with E-state index in [1.165, 1.54) is 161 Å². The Hall–Kier alpha value is -0.610. The standard InChI is InChI=1S/C36H72O4/c1-3-5-7-9-11-12-13-14-15-16-17-18-19-20-21-22-23-24-25-26-27-29-31-36(38)40-35(33-37)34-39-32-30-28-10-8-6-4-2/h35,37H,3-34H2,1-2H3. The molecular weight excluding hydrogens is 496 g/mol. The molecule has 240 valence electrons. The Morgan fingerprint density at radius 2 is 0.825 bits per heavy atom. The molecule has 40 heavy (non-hydrogen) atoms. The van der Waals surface area contributed by atoms with E-state index in [9.17, 15) is 9.90 Å². The van der Waals surface area contributed by atoms with Crippen molar-refractivity contribution in [2.75, 3.05) is 19.8 Å². The lowest BCUT2D eigenvalue weighted by molar-refractivity contribution is -0.154. The molecule has 0 amide bonds. The Balaban J connectivity index is 3.30. The minimum Gasteiger partial charge on any atom is -0.457 e. The van der Waals surface area contributed by atoms with Crippen LogP contribution in [-0.2, 0) is 14.3 Å². The highest BCUT2D eigenvalue weighted by Gasteiger charge is 2.13. The third-order valence-corrected chi connectivity index (χ3v) is 8.18. The predicted octanol–water partition coefficient (Wildman–Crippen LogP) is 11.3. The molecule has 0 aromatic heterocycles. The number of aliphatic hydroxyl groups excluding tert-OH is 1. The van der Waals surface area contributed by atoms with Gasteiger partial charge in [0, 0.05) is 13.0 Å². The van der Waals surface area contributed by atoms with Crippen molar-refractivity contribution >= 4 is 5.97 Å². The molecule has 0 bridgehead atoms. The van der Waals surface area contributed by atoms with E-state index in [1.807, 2.05) is 0 Å². The minimum atomic E-state index is -0.521. The maximum absolute atomic E-state index is 12.1. The summed E-state index contributed by atoms with van der Waals surface area (Å²) in [5.41, 5.74) is 0. The summed E-state index contributed by atoms with van der Waals surface area (Å²) in [7, 11) is 0.